The molecule has 0 saturated heterocycles. The van der Waals surface area contributed by atoms with Crippen molar-refractivity contribution in [3.05, 3.63) is 85.0 Å². The molecule has 0 unspecified atom stereocenters. The summed E-state index contributed by atoms with van der Waals surface area (Å²) in [6.07, 6.45) is 1.50. The first-order valence-corrected chi connectivity index (χ1v) is 9.86. The molecule has 0 bridgehead atoms. The Hall–Kier alpha value is -2.85. The minimum atomic E-state index is -0.335. The van der Waals surface area contributed by atoms with E-state index in [1.165, 1.54) is 6.08 Å². The fraction of sp³-hybridized carbons (Fsp3) is 0. The highest BCUT2D eigenvalue weighted by atomic mass is 79.9. The molecule has 2 aromatic heterocycles. The molecule has 142 valence electrons. The lowest BCUT2D eigenvalue weighted by atomic mass is 10.2. The van der Waals surface area contributed by atoms with Gasteiger partial charge < -0.3 is 9.40 Å². The van der Waals surface area contributed by atoms with Crippen LogP contribution in [-0.4, -0.2) is 9.97 Å². The molecule has 0 aliphatic rings. The quantitative estimate of drug-likeness (QED) is 0.343. The average Bonchev–Trinajstić information content (AvgIpc) is 3.17. The van der Waals surface area contributed by atoms with Crippen molar-refractivity contribution in [1.29, 1.82) is 5.26 Å². The van der Waals surface area contributed by atoms with Crippen LogP contribution < -0.4 is 5.56 Å². The molecule has 0 atom stereocenters. The molecule has 0 spiro atoms. The molecule has 0 radical (unpaired) electrons. The Bertz CT molecular complexity index is 1380. The van der Waals surface area contributed by atoms with Gasteiger partial charge in [0, 0.05) is 21.1 Å². The number of nitriles is 1. The number of allylic oxidation sites excluding steroid dienone is 1. The number of nitrogens with zero attached hydrogens (tertiary/aromatic N) is 2. The third-order valence-electron chi connectivity index (χ3n) is 4.15. The minimum absolute atomic E-state index is 0.157. The van der Waals surface area contributed by atoms with Gasteiger partial charge >= 0.3 is 0 Å². The number of nitrogens with one attached hydrogen (secondary N) is 1. The molecule has 5 nitrogen and oxygen atoms in total. The summed E-state index contributed by atoms with van der Waals surface area (Å²) in [5.74, 6) is 1.07. The number of hydrogen-bond donors (Lipinski definition) is 1. The first-order chi connectivity index (χ1) is 13.9. The van der Waals surface area contributed by atoms with Gasteiger partial charge in [-0.05, 0) is 48.5 Å². The smallest absolute Gasteiger partial charge is 0.259 e. The van der Waals surface area contributed by atoms with Crippen LogP contribution in [-0.2, 0) is 0 Å². The summed E-state index contributed by atoms with van der Waals surface area (Å²) in [5.41, 5.74) is 0.947. The predicted molar refractivity (Wildman–Crippen MR) is 118 cm³/mol. The van der Waals surface area contributed by atoms with Crippen LogP contribution in [0.3, 0.4) is 0 Å². The van der Waals surface area contributed by atoms with Gasteiger partial charge in [-0.15, -0.1) is 0 Å². The molecule has 29 heavy (non-hydrogen) atoms. The molecule has 8 heteroatoms. The zero-order valence-electron chi connectivity index (χ0n) is 14.5. The second-order valence-corrected chi connectivity index (χ2v) is 7.83. The van der Waals surface area contributed by atoms with E-state index in [0.29, 0.717) is 38.0 Å². The van der Waals surface area contributed by atoms with Gasteiger partial charge in [-0.2, -0.15) is 5.26 Å². The van der Waals surface area contributed by atoms with Crippen LogP contribution in [0.2, 0.25) is 10.0 Å². The van der Waals surface area contributed by atoms with E-state index in [-0.39, 0.29) is 17.0 Å². The molecule has 1 N–H and O–H groups in total. The first kappa shape index (κ1) is 19.5. The fourth-order valence-corrected chi connectivity index (χ4v) is 3.54. The zero-order valence-corrected chi connectivity index (χ0v) is 17.6. The summed E-state index contributed by atoms with van der Waals surface area (Å²) >= 11 is 15.6. The number of aromatic nitrogens is 2. The second-order valence-electron chi connectivity index (χ2n) is 6.07. The average molecular weight is 487 g/mol. The van der Waals surface area contributed by atoms with E-state index < -0.39 is 0 Å². The summed E-state index contributed by atoms with van der Waals surface area (Å²) < 4.78 is 6.56. The highest BCUT2D eigenvalue weighted by Crippen LogP contribution is 2.32. The van der Waals surface area contributed by atoms with Crippen molar-refractivity contribution in [3.63, 3.8) is 0 Å². The van der Waals surface area contributed by atoms with Gasteiger partial charge in [-0.3, -0.25) is 4.79 Å². The molecule has 0 amide bonds. The maximum absolute atomic E-state index is 12.4. The lowest BCUT2D eigenvalue weighted by molar-refractivity contribution is 0.572. The van der Waals surface area contributed by atoms with E-state index in [0.717, 1.165) is 4.47 Å². The number of halogens is 3. The normalized spacial score (nSPS) is 11.6. The van der Waals surface area contributed by atoms with E-state index >= 15 is 0 Å². The zero-order chi connectivity index (χ0) is 20.5. The topological polar surface area (TPSA) is 82.7 Å². The monoisotopic (exact) mass is 485 g/mol. The van der Waals surface area contributed by atoms with E-state index in [2.05, 4.69) is 32.0 Å². The number of H-pyrrole nitrogens is 1. The number of aromatic amines is 1. The summed E-state index contributed by atoms with van der Waals surface area (Å²) in [5, 5.41) is 11.0. The summed E-state index contributed by atoms with van der Waals surface area (Å²) in [4.78, 5) is 19.4. The van der Waals surface area contributed by atoms with Crippen LogP contribution in [0.15, 0.2) is 62.2 Å². The number of rotatable bonds is 3. The van der Waals surface area contributed by atoms with Crippen molar-refractivity contribution in [1.82, 2.24) is 9.97 Å². The predicted octanol–water partition coefficient (Wildman–Crippen LogP) is 6.32. The van der Waals surface area contributed by atoms with Crippen LogP contribution in [0.5, 0.6) is 0 Å². The number of benzene rings is 2. The Kier molecular flexibility index (Phi) is 5.29. The fourth-order valence-electron chi connectivity index (χ4n) is 2.80. The van der Waals surface area contributed by atoms with Crippen molar-refractivity contribution < 1.29 is 4.42 Å². The molecule has 2 aromatic carbocycles. The summed E-state index contributed by atoms with van der Waals surface area (Å²) in [6.45, 7) is 0. The van der Waals surface area contributed by atoms with Crippen LogP contribution in [0, 0.1) is 11.3 Å². The SMILES string of the molecule is N#CC(=Cc1ccc(-c2cc(Cl)ccc2Cl)o1)c1nc2ccc(Br)cc2c(=O)[nH]1. The lowest BCUT2D eigenvalue weighted by Crippen LogP contribution is -2.11. The molecule has 4 rings (SSSR count). The van der Waals surface area contributed by atoms with Gasteiger partial charge in [0.15, 0.2) is 5.82 Å². The Labute approximate surface area is 183 Å². The lowest BCUT2D eigenvalue weighted by Gasteiger charge is -2.02. The van der Waals surface area contributed by atoms with Crippen molar-refractivity contribution in [2.75, 3.05) is 0 Å². The van der Waals surface area contributed by atoms with Crippen LogP contribution in [0.4, 0.5) is 0 Å². The maximum Gasteiger partial charge on any atom is 0.259 e. The largest absolute Gasteiger partial charge is 0.457 e. The Morgan fingerprint density at radius 1 is 1.17 bits per heavy atom. The Balaban J connectivity index is 1.76. The number of hydrogen-bond acceptors (Lipinski definition) is 4. The maximum atomic E-state index is 12.4. The molecular formula is C21H10BrCl2N3O2. The van der Waals surface area contributed by atoms with Crippen LogP contribution in [0.1, 0.15) is 11.6 Å². The third-order valence-corrected chi connectivity index (χ3v) is 5.21. The summed E-state index contributed by atoms with van der Waals surface area (Å²) in [6, 6.07) is 15.7. The van der Waals surface area contributed by atoms with E-state index in [1.54, 1.807) is 48.5 Å². The van der Waals surface area contributed by atoms with Gasteiger partial charge in [0.05, 0.1) is 21.5 Å². The van der Waals surface area contributed by atoms with Crippen LogP contribution in [0.25, 0.3) is 33.9 Å². The molecule has 4 aromatic rings. The van der Waals surface area contributed by atoms with Gasteiger partial charge in [0.25, 0.3) is 5.56 Å². The van der Waals surface area contributed by atoms with E-state index in [1.807, 2.05) is 0 Å². The first-order valence-electron chi connectivity index (χ1n) is 8.31. The highest BCUT2D eigenvalue weighted by Gasteiger charge is 2.12. The third kappa shape index (κ3) is 3.99. The van der Waals surface area contributed by atoms with Gasteiger partial charge in [0.2, 0.25) is 0 Å². The van der Waals surface area contributed by atoms with Crippen molar-refractivity contribution in [2.24, 2.45) is 0 Å². The Morgan fingerprint density at radius 2 is 2.00 bits per heavy atom. The minimum Gasteiger partial charge on any atom is -0.457 e. The molecule has 0 fully saturated rings. The van der Waals surface area contributed by atoms with Crippen molar-refractivity contribution >= 4 is 61.7 Å². The number of fused-ring (bicyclic) bond motifs is 1. The Morgan fingerprint density at radius 3 is 2.79 bits per heavy atom. The van der Waals surface area contributed by atoms with Gasteiger partial charge in [0.1, 0.15) is 17.6 Å². The molecule has 0 aliphatic carbocycles. The van der Waals surface area contributed by atoms with Gasteiger partial charge in [-0.1, -0.05) is 39.1 Å². The van der Waals surface area contributed by atoms with Crippen molar-refractivity contribution in [2.45, 2.75) is 0 Å². The van der Waals surface area contributed by atoms with Crippen molar-refractivity contribution in [3.8, 4) is 17.4 Å². The molecule has 0 aliphatic heterocycles. The number of furan rings is 1. The molecule has 2 heterocycles. The van der Waals surface area contributed by atoms with E-state index in [9.17, 15) is 10.1 Å². The van der Waals surface area contributed by atoms with Gasteiger partial charge in [-0.25, -0.2) is 4.98 Å². The second kappa shape index (κ2) is 7.88. The van der Waals surface area contributed by atoms with E-state index in [4.69, 9.17) is 27.6 Å². The van der Waals surface area contributed by atoms with Crippen LogP contribution >= 0.6 is 39.1 Å². The molecular weight excluding hydrogens is 477 g/mol. The standard InChI is InChI=1S/C21H10BrCl2N3O2/c22-12-1-5-18-16(8-12)21(28)27-20(26-18)11(10-25)7-14-3-6-19(29-14)15-9-13(23)2-4-17(15)24/h1-9H,(H,26,27,28). The summed E-state index contributed by atoms with van der Waals surface area (Å²) in [7, 11) is 0. The molecule has 0 saturated carbocycles. The highest BCUT2D eigenvalue weighted by molar-refractivity contribution is 9.10.